The number of benzene rings is 1. The van der Waals surface area contributed by atoms with Crippen LogP contribution in [0.1, 0.15) is 11.6 Å². The van der Waals surface area contributed by atoms with Crippen molar-refractivity contribution in [3.05, 3.63) is 35.9 Å². The molecule has 1 aromatic carbocycles. The molecule has 6 heteroatoms. The molecule has 1 aromatic heterocycles. The minimum absolute atomic E-state index is 0.0789. The van der Waals surface area contributed by atoms with Crippen LogP contribution >= 0.6 is 0 Å². The predicted octanol–water partition coefficient (Wildman–Crippen LogP) is 1.65. The summed E-state index contributed by atoms with van der Waals surface area (Å²) in [6.45, 7) is 0.581. The van der Waals surface area contributed by atoms with Crippen LogP contribution in [0.3, 0.4) is 0 Å². The summed E-state index contributed by atoms with van der Waals surface area (Å²) in [5.74, 6) is 2.52. The van der Waals surface area contributed by atoms with Crippen molar-refractivity contribution in [2.45, 2.75) is 6.04 Å². The molecule has 0 saturated heterocycles. The summed E-state index contributed by atoms with van der Waals surface area (Å²) < 4.78 is 5.62. The van der Waals surface area contributed by atoms with Crippen LogP contribution in [0.15, 0.2) is 30.3 Å². The summed E-state index contributed by atoms with van der Waals surface area (Å²) in [7, 11) is 1.79. The number of hydrogen-bond donors (Lipinski definition) is 3. The topological polar surface area (TPSA) is 85.1 Å². The third-order valence-electron chi connectivity index (χ3n) is 3.02. The molecule has 0 bridgehead atoms. The number of para-hydroxylation sites is 1. The van der Waals surface area contributed by atoms with Gasteiger partial charge < -0.3 is 21.1 Å². The fourth-order valence-corrected chi connectivity index (χ4v) is 2.13. The standard InChI is InChI=1S/C13H15N5O/c1-15-11-6-12(18-13(14)17-11)16-9-7-19-10-5-3-2-4-8(9)10/h2-6,9H,7H2,1H3,(H4,14,15,16,17,18). The van der Waals surface area contributed by atoms with Crippen LogP contribution < -0.4 is 21.1 Å². The van der Waals surface area contributed by atoms with Crippen molar-refractivity contribution in [3.63, 3.8) is 0 Å². The van der Waals surface area contributed by atoms with Gasteiger partial charge in [-0.2, -0.15) is 9.97 Å². The molecule has 3 rings (SSSR count). The van der Waals surface area contributed by atoms with E-state index in [0.717, 1.165) is 11.3 Å². The molecule has 4 N–H and O–H groups in total. The Balaban J connectivity index is 1.85. The molecule has 0 fully saturated rings. The molecule has 1 atom stereocenters. The molecule has 0 saturated carbocycles. The maximum atomic E-state index is 5.67. The Kier molecular flexibility index (Phi) is 2.83. The average molecular weight is 257 g/mol. The van der Waals surface area contributed by atoms with Gasteiger partial charge in [-0.1, -0.05) is 18.2 Å². The first kappa shape index (κ1) is 11.6. The van der Waals surface area contributed by atoms with E-state index in [-0.39, 0.29) is 12.0 Å². The molecule has 0 spiro atoms. The summed E-state index contributed by atoms with van der Waals surface area (Å²) in [6, 6.07) is 9.86. The highest BCUT2D eigenvalue weighted by Crippen LogP contribution is 2.33. The fourth-order valence-electron chi connectivity index (χ4n) is 2.13. The number of nitrogens with two attached hydrogens (primary N) is 1. The number of nitrogens with zero attached hydrogens (tertiary/aromatic N) is 2. The number of ether oxygens (including phenoxy) is 1. The Morgan fingerprint density at radius 3 is 2.89 bits per heavy atom. The lowest BCUT2D eigenvalue weighted by atomic mass is 10.1. The van der Waals surface area contributed by atoms with Crippen molar-refractivity contribution >= 4 is 17.6 Å². The molecule has 98 valence electrons. The largest absolute Gasteiger partial charge is 0.491 e. The van der Waals surface area contributed by atoms with Gasteiger partial charge in [-0.05, 0) is 6.07 Å². The Labute approximate surface area is 111 Å². The highest BCUT2D eigenvalue weighted by atomic mass is 16.5. The van der Waals surface area contributed by atoms with Crippen LogP contribution in [0, 0.1) is 0 Å². The van der Waals surface area contributed by atoms with Crippen molar-refractivity contribution in [2.75, 3.05) is 30.0 Å². The Hall–Kier alpha value is -2.50. The van der Waals surface area contributed by atoms with Crippen LogP contribution in [0.4, 0.5) is 17.6 Å². The molecule has 1 aliphatic heterocycles. The van der Waals surface area contributed by atoms with E-state index in [2.05, 4.69) is 20.6 Å². The first-order chi connectivity index (χ1) is 9.26. The van der Waals surface area contributed by atoms with Crippen LogP contribution in [-0.2, 0) is 0 Å². The number of hydrogen-bond acceptors (Lipinski definition) is 6. The number of rotatable bonds is 3. The van der Waals surface area contributed by atoms with Crippen LogP contribution in [0.2, 0.25) is 0 Å². The number of aromatic nitrogens is 2. The molecule has 0 amide bonds. The van der Waals surface area contributed by atoms with Crippen molar-refractivity contribution in [3.8, 4) is 5.75 Å². The van der Waals surface area contributed by atoms with Crippen LogP contribution in [0.25, 0.3) is 0 Å². The first-order valence-electron chi connectivity index (χ1n) is 6.07. The molecule has 2 heterocycles. The number of nitrogen functional groups attached to an aromatic ring is 1. The van der Waals surface area contributed by atoms with Crippen molar-refractivity contribution in [2.24, 2.45) is 0 Å². The zero-order valence-corrected chi connectivity index (χ0v) is 10.6. The zero-order chi connectivity index (χ0) is 13.2. The monoisotopic (exact) mass is 257 g/mol. The summed E-state index contributed by atoms with van der Waals surface area (Å²) >= 11 is 0. The van der Waals surface area contributed by atoms with E-state index in [4.69, 9.17) is 10.5 Å². The Morgan fingerprint density at radius 2 is 2.05 bits per heavy atom. The molecule has 0 radical (unpaired) electrons. The number of anilines is 3. The number of nitrogens with one attached hydrogen (secondary N) is 2. The second-order valence-electron chi connectivity index (χ2n) is 4.29. The van der Waals surface area contributed by atoms with Gasteiger partial charge in [0.15, 0.2) is 0 Å². The van der Waals surface area contributed by atoms with E-state index in [1.807, 2.05) is 30.3 Å². The molecule has 6 nitrogen and oxygen atoms in total. The third-order valence-corrected chi connectivity index (χ3v) is 3.02. The van der Waals surface area contributed by atoms with Gasteiger partial charge in [-0.15, -0.1) is 0 Å². The van der Waals surface area contributed by atoms with Gasteiger partial charge in [0.1, 0.15) is 24.0 Å². The lowest BCUT2D eigenvalue weighted by molar-refractivity contribution is 0.339. The Bertz CT molecular complexity index is 601. The second kappa shape index (κ2) is 4.64. The van der Waals surface area contributed by atoms with Gasteiger partial charge in [-0.25, -0.2) is 0 Å². The molecule has 1 aliphatic rings. The quantitative estimate of drug-likeness (QED) is 0.775. The van der Waals surface area contributed by atoms with Gasteiger partial charge in [0.25, 0.3) is 0 Å². The maximum absolute atomic E-state index is 5.67. The smallest absolute Gasteiger partial charge is 0.223 e. The average Bonchev–Trinajstić information content (AvgIpc) is 2.82. The molecule has 2 aromatic rings. The molecule has 1 unspecified atom stereocenters. The summed E-state index contributed by atoms with van der Waals surface area (Å²) in [5, 5.41) is 6.27. The lowest BCUT2D eigenvalue weighted by Gasteiger charge is -2.13. The maximum Gasteiger partial charge on any atom is 0.223 e. The van der Waals surface area contributed by atoms with Gasteiger partial charge >= 0.3 is 0 Å². The van der Waals surface area contributed by atoms with Crippen molar-refractivity contribution in [1.82, 2.24) is 9.97 Å². The highest BCUT2D eigenvalue weighted by molar-refractivity contribution is 5.53. The summed E-state index contributed by atoms with van der Waals surface area (Å²) in [6.07, 6.45) is 0. The molecular formula is C13H15N5O. The highest BCUT2D eigenvalue weighted by Gasteiger charge is 2.23. The molecular weight excluding hydrogens is 242 g/mol. The SMILES string of the molecule is CNc1cc(NC2COc3ccccc32)nc(N)n1. The van der Waals surface area contributed by atoms with Crippen molar-refractivity contribution < 1.29 is 4.74 Å². The fraction of sp³-hybridized carbons (Fsp3) is 0.231. The predicted molar refractivity (Wildman–Crippen MR) is 74.3 cm³/mol. The number of fused-ring (bicyclic) bond motifs is 1. The van der Waals surface area contributed by atoms with E-state index in [1.165, 1.54) is 0 Å². The van der Waals surface area contributed by atoms with Gasteiger partial charge in [0.2, 0.25) is 5.95 Å². The minimum Gasteiger partial charge on any atom is -0.491 e. The van der Waals surface area contributed by atoms with E-state index in [9.17, 15) is 0 Å². The van der Waals surface area contributed by atoms with Crippen molar-refractivity contribution in [1.29, 1.82) is 0 Å². The van der Waals surface area contributed by atoms with Gasteiger partial charge in [0.05, 0.1) is 6.04 Å². The second-order valence-corrected chi connectivity index (χ2v) is 4.29. The molecule has 0 aliphatic carbocycles. The van der Waals surface area contributed by atoms with E-state index < -0.39 is 0 Å². The van der Waals surface area contributed by atoms with Crippen LogP contribution in [-0.4, -0.2) is 23.6 Å². The first-order valence-corrected chi connectivity index (χ1v) is 6.07. The van der Waals surface area contributed by atoms with Crippen LogP contribution in [0.5, 0.6) is 5.75 Å². The normalized spacial score (nSPS) is 16.6. The third kappa shape index (κ3) is 2.24. The van der Waals surface area contributed by atoms with Gasteiger partial charge in [0, 0.05) is 18.7 Å². The van der Waals surface area contributed by atoms with E-state index in [0.29, 0.717) is 18.2 Å². The minimum atomic E-state index is 0.0789. The summed E-state index contributed by atoms with van der Waals surface area (Å²) in [4.78, 5) is 8.23. The summed E-state index contributed by atoms with van der Waals surface area (Å²) in [5.41, 5.74) is 6.80. The lowest BCUT2D eigenvalue weighted by Crippen LogP contribution is -2.14. The van der Waals surface area contributed by atoms with E-state index in [1.54, 1.807) is 7.05 Å². The zero-order valence-electron chi connectivity index (χ0n) is 10.6. The Morgan fingerprint density at radius 1 is 1.26 bits per heavy atom. The molecule has 19 heavy (non-hydrogen) atoms. The van der Waals surface area contributed by atoms with Gasteiger partial charge in [-0.3, -0.25) is 0 Å². The van der Waals surface area contributed by atoms with E-state index >= 15 is 0 Å².